The van der Waals surface area contributed by atoms with Crippen LogP contribution in [0, 0.1) is 0 Å². The summed E-state index contributed by atoms with van der Waals surface area (Å²) in [6.45, 7) is 0.584. The molecule has 0 aliphatic heterocycles. The molecule has 2 aromatic heterocycles. The zero-order chi connectivity index (χ0) is 11.9. The fourth-order valence-electron chi connectivity index (χ4n) is 2.12. The maximum Gasteiger partial charge on any atom is 0.246 e. The summed E-state index contributed by atoms with van der Waals surface area (Å²) in [4.78, 5) is 8.77. The van der Waals surface area contributed by atoms with E-state index in [1.54, 1.807) is 0 Å². The quantitative estimate of drug-likeness (QED) is 0.705. The molecule has 5 nitrogen and oxygen atoms in total. The van der Waals surface area contributed by atoms with Crippen molar-refractivity contribution in [2.75, 3.05) is 0 Å². The van der Waals surface area contributed by atoms with Crippen molar-refractivity contribution in [2.24, 2.45) is 0 Å². The molecule has 1 fully saturated rings. The molecule has 0 spiro atoms. The van der Waals surface area contributed by atoms with E-state index in [9.17, 15) is 0 Å². The highest BCUT2D eigenvalue weighted by Gasteiger charge is 2.28. The van der Waals surface area contributed by atoms with Crippen molar-refractivity contribution < 1.29 is 4.52 Å². The first-order chi connectivity index (χ1) is 8.90. The smallest absolute Gasteiger partial charge is 0.246 e. The number of hydrogen-bond acceptors (Lipinski definition) is 4. The van der Waals surface area contributed by atoms with Gasteiger partial charge in [0, 0.05) is 5.92 Å². The molecule has 5 heteroatoms. The van der Waals surface area contributed by atoms with E-state index in [4.69, 9.17) is 4.52 Å². The van der Waals surface area contributed by atoms with E-state index in [1.165, 1.54) is 12.8 Å². The fraction of sp³-hybridized carbons (Fsp3) is 0.308. The first-order valence-electron chi connectivity index (χ1n) is 6.12. The van der Waals surface area contributed by atoms with Gasteiger partial charge in [0.05, 0.1) is 17.4 Å². The number of aromatic nitrogens is 4. The standard InChI is InChI=1S/C13H12N4O/c1-2-4-11-10(3-1)14-8-17(11)7-12-15-13(16-18-12)9-5-6-9/h1-4,8-9H,5-7H2. The Labute approximate surface area is 103 Å². The molecule has 0 amide bonds. The van der Waals surface area contributed by atoms with Gasteiger partial charge in [0.2, 0.25) is 5.89 Å². The summed E-state index contributed by atoms with van der Waals surface area (Å²) in [5.74, 6) is 2.04. The molecule has 0 N–H and O–H groups in total. The van der Waals surface area contributed by atoms with E-state index in [0.29, 0.717) is 18.4 Å². The van der Waals surface area contributed by atoms with Crippen molar-refractivity contribution in [3.63, 3.8) is 0 Å². The van der Waals surface area contributed by atoms with Gasteiger partial charge >= 0.3 is 0 Å². The molecule has 1 saturated carbocycles. The van der Waals surface area contributed by atoms with Gasteiger partial charge < -0.3 is 9.09 Å². The van der Waals surface area contributed by atoms with Crippen LogP contribution < -0.4 is 0 Å². The monoisotopic (exact) mass is 240 g/mol. The van der Waals surface area contributed by atoms with E-state index in [-0.39, 0.29) is 0 Å². The minimum Gasteiger partial charge on any atom is -0.337 e. The minimum absolute atomic E-state index is 0.530. The number of fused-ring (bicyclic) bond motifs is 1. The van der Waals surface area contributed by atoms with E-state index in [2.05, 4.69) is 15.1 Å². The van der Waals surface area contributed by atoms with Crippen LogP contribution >= 0.6 is 0 Å². The molecule has 0 unspecified atom stereocenters. The summed E-state index contributed by atoms with van der Waals surface area (Å²) >= 11 is 0. The molecule has 90 valence electrons. The highest BCUT2D eigenvalue weighted by atomic mass is 16.5. The highest BCUT2D eigenvalue weighted by molar-refractivity contribution is 5.74. The van der Waals surface area contributed by atoms with Crippen molar-refractivity contribution in [1.29, 1.82) is 0 Å². The van der Waals surface area contributed by atoms with Crippen molar-refractivity contribution in [3.8, 4) is 0 Å². The van der Waals surface area contributed by atoms with Crippen molar-refractivity contribution in [3.05, 3.63) is 42.3 Å². The normalized spacial score (nSPS) is 15.3. The number of benzene rings is 1. The van der Waals surface area contributed by atoms with Gasteiger partial charge in [-0.05, 0) is 25.0 Å². The van der Waals surface area contributed by atoms with Gasteiger partial charge in [0.1, 0.15) is 6.54 Å². The van der Waals surface area contributed by atoms with Crippen LogP contribution in [0.5, 0.6) is 0 Å². The Balaban J connectivity index is 1.66. The molecule has 3 aromatic rings. The summed E-state index contributed by atoms with van der Waals surface area (Å²) in [6, 6.07) is 8.03. The Morgan fingerprint density at radius 3 is 3.06 bits per heavy atom. The molecule has 0 radical (unpaired) electrons. The average Bonchev–Trinajstić information content (AvgIpc) is 3.02. The van der Waals surface area contributed by atoms with Gasteiger partial charge in [-0.1, -0.05) is 17.3 Å². The molecule has 1 aliphatic carbocycles. The summed E-state index contributed by atoms with van der Waals surface area (Å²) in [6.07, 6.45) is 4.19. The maximum absolute atomic E-state index is 5.28. The largest absolute Gasteiger partial charge is 0.337 e. The van der Waals surface area contributed by atoms with Gasteiger partial charge in [-0.2, -0.15) is 4.98 Å². The number of imidazole rings is 1. The van der Waals surface area contributed by atoms with Crippen LogP contribution in [-0.4, -0.2) is 19.7 Å². The van der Waals surface area contributed by atoms with Crippen LogP contribution in [0.15, 0.2) is 35.1 Å². The van der Waals surface area contributed by atoms with Crippen LogP contribution in [0.4, 0.5) is 0 Å². The number of rotatable bonds is 3. The molecular formula is C13H12N4O. The van der Waals surface area contributed by atoms with E-state index < -0.39 is 0 Å². The molecule has 1 aliphatic rings. The Bertz CT molecular complexity index is 696. The van der Waals surface area contributed by atoms with Crippen LogP contribution in [0.25, 0.3) is 11.0 Å². The zero-order valence-corrected chi connectivity index (χ0v) is 9.78. The maximum atomic E-state index is 5.28. The Hall–Kier alpha value is -2.17. The lowest BCUT2D eigenvalue weighted by atomic mass is 10.3. The highest BCUT2D eigenvalue weighted by Crippen LogP contribution is 2.38. The molecule has 0 saturated heterocycles. The van der Waals surface area contributed by atoms with Crippen LogP contribution in [-0.2, 0) is 6.54 Å². The van der Waals surface area contributed by atoms with Gasteiger partial charge in [0.25, 0.3) is 0 Å². The van der Waals surface area contributed by atoms with Gasteiger partial charge in [-0.3, -0.25) is 0 Å². The Morgan fingerprint density at radius 1 is 1.28 bits per heavy atom. The predicted octanol–water partition coefficient (Wildman–Crippen LogP) is 2.34. The summed E-state index contributed by atoms with van der Waals surface area (Å²) in [5.41, 5.74) is 2.07. The second kappa shape index (κ2) is 3.66. The van der Waals surface area contributed by atoms with E-state index in [0.717, 1.165) is 16.9 Å². The number of nitrogens with zero attached hydrogens (tertiary/aromatic N) is 4. The lowest BCUT2D eigenvalue weighted by Crippen LogP contribution is -1.98. The van der Waals surface area contributed by atoms with E-state index in [1.807, 2.05) is 35.2 Å². The van der Waals surface area contributed by atoms with E-state index >= 15 is 0 Å². The second-order valence-corrected chi connectivity index (χ2v) is 4.68. The Kier molecular flexibility index (Phi) is 2.00. The SMILES string of the molecule is c1ccc2c(c1)ncn2Cc1nc(C2CC2)no1. The van der Waals surface area contributed by atoms with Gasteiger partial charge in [0.15, 0.2) is 5.82 Å². The number of para-hydroxylation sites is 2. The number of hydrogen-bond donors (Lipinski definition) is 0. The topological polar surface area (TPSA) is 56.7 Å². The third kappa shape index (κ3) is 1.59. The molecule has 4 rings (SSSR count). The molecule has 18 heavy (non-hydrogen) atoms. The second-order valence-electron chi connectivity index (χ2n) is 4.68. The van der Waals surface area contributed by atoms with Crippen LogP contribution in [0.3, 0.4) is 0 Å². The molecule has 1 aromatic carbocycles. The molecule has 0 atom stereocenters. The third-order valence-corrected chi connectivity index (χ3v) is 3.26. The average molecular weight is 240 g/mol. The summed E-state index contributed by atoms with van der Waals surface area (Å²) in [7, 11) is 0. The van der Waals surface area contributed by atoms with Crippen LogP contribution in [0.2, 0.25) is 0 Å². The molecule has 2 heterocycles. The molecule has 0 bridgehead atoms. The minimum atomic E-state index is 0.530. The Morgan fingerprint density at radius 2 is 2.17 bits per heavy atom. The lowest BCUT2D eigenvalue weighted by molar-refractivity contribution is 0.367. The first-order valence-corrected chi connectivity index (χ1v) is 6.12. The summed E-state index contributed by atoms with van der Waals surface area (Å²) in [5, 5.41) is 4.02. The fourth-order valence-corrected chi connectivity index (χ4v) is 2.12. The zero-order valence-electron chi connectivity index (χ0n) is 9.78. The summed E-state index contributed by atoms with van der Waals surface area (Å²) < 4.78 is 7.31. The van der Waals surface area contributed by atoms with Gasteiger partial charge in [-0.15, -0.1) is 0 Å². The molecular weight excluding hydrogens is 228 g/mol. The third-order valence-electron chi connectivity index (χ3n) is 3.26. The van der Waals surface area contributed by atoms with Crippen molar-refractivity contribution in [1.82, 2.24) is 19.7 Å². The van der Waals surface area contributed by atoms with Crippen LogP contribution in [0.1, 0.15) is 30.5 Å². The van der Waals surface area contributed by atoms with Crippen molar-refractivity contribution >= 4 is 11.0 Å². The lowest BCUT2D eigenvalue weighted by Gasteiger charge is -1.98. The van der Waals surface area contributed by atoms with Gasteiger partial charge in [-0.25, -0.2) is 4.98 Å². The first kappa shape index (κ1) is 9.82. The predicted molar refractivity (Wildman–Crippen MR) is 65.1 cm³/mol. The van der Waals surface area contributed by atoms with Crippen molar-refractivity contribution in [2.45, 2.75) is 25.3 Å².